The summed E-state index contributed by atoms with van der Waals surface area (Å²) in [6, 6.07) is 40.0. The lowest BCUT2D eigenvalue weighted by Gasteiger charge is -2.09. The fraction of sp³-hybridized carbons (Fsp3) is 0.0541. The highest BCUT2D eigenvalue weighted by atomic mass is 32.2. The van der Waals surface area contributed by atoms with Crippen LogP contribution in [0, 0.1) is 6.92 Å². The predicted octanol–water partition coefficient (Wildman–Crippen LogP) is 6.99. The highest BCUT2D eigenvalue weighted by molar-refractivity contribution is 7.92. The van der Waals surface area contributed by atoms with E-state index in [-0.39, 0.29) is 4.90 Å². The number of hydrogen-bond acceptors (Lipinski definition) is 6. The zero-order valence-electron chi connectivity index (χ0n) is 25.4. The molecule has 1 amide bonds. The molecule has 0 saturated carbocycles. The molecule has 0 saturated heterocycles. The van der Waals surface area contributed by atoms with Crippen LogP contribution in [0.15, 0.2) is 150 Å². The van der Waals surface area contributed by atoms with Crippen molar-refractivity contribution in [3.63, 3.8) is 0 Å². The highest BCUT2D eigenvalue weighted by Gasteiger charge is 2.15. The number of aromatic nitrogens is 2. The number of para-hydroxylation sites is 1. The largest absolute Gasteiger partial charge is 0.489 e. The summed E-state index contributed by atoms with van der Waals surface area (Å²) in [6.45, 7) is 2.35. The van der Waals surface area contributed by atoms with Crippen LogP contribution in [-0.2, 0) is 16.6 Å². The minimum Gasteiger partial charge on any atom is -0.489 e. The van der Waals surface area contributed by atoms with Gasteiger partial charge in [-0.05, 0) is 85.3 Å². The summed E-state index contributed by atoms with van der Waals surface area (Å²) in [7, 11) is -3.76. The molecule has 1 aromatic heterocycles. The number of benzene rings is 5. The first-order valence-electron chi connectivity index (χ1n) is 14.8. The van der Waals surface area contributed by atoms with E-state index in [9.17, 15) is 13.2 Å². The Morgan fingerprint density at radius 1 is 0.830 bits per heavy atom. The summed E-state index contributed by atoms with van der Waals surface area (Å²) in [6.07, 6.45) is 3.39. The first kappa shape index (κ1) is 31.0. The second-order valence-corrected chi connectivity index (χ2v) is 12.4. The molecule has 1 heterocycles. The van der Waals surface area contributed by atoms with Gasteiger partial charge in [-0.15, -0.1) is 0 Å². The van der Waals surface area contributed by atoms with Gasteiger partial charge in [-0.2, -0.15) is 10.2 Å². The van der Waals surface area contributed by atoms with E-state index in [1.54, 1.807) is 35.2 Å². The SMILES string of the molecule is Cc1ccc(S(=O)(=O)Nc2ccc(C(=O)NN=Cc3cn(-c4ccccc4)nc3-c3ccc(OCc4ccccc4)cc3)cc2)cc1. The molecule has 10 heteroatoms. The molecule has 0 spiro atoms. The van der Waals surface area contributed by atoms with Gasteiger partial charge >= 0.3 is 0 Å². The number of ether oxygens (including phenoxy) is 1. The van der Waals surface area contributed by atoms with Gasteiger partial charge in [-0.3, -0.25) is 9.52 Å². The van der Waals surface area contributed by atoms with Crippen LogP contribution in [0.3, 0.4) is 0 Å². The molecule has 234 valence electrons. The van der Waals surface area contributed by atoms with Gasteiger partial charge in [-0.25, -0.2) is 18.5 Å². The van der Waals surface area contributed by atoms with E-state index in [0.29, 0.717) is 29.1 Å². The Bertz CT molecular complexity index is 2100. The van der Waals surface area contributed by atoms with Gasteiger partial charge in [0.2, 0.25) is 0 Å². The number of hydrogen-bond donors (Lipinski definition) is 2. The van der Waals surface area contributed by atoms with E-state index in [1.165, 1.54) is 24.3 Å². The van der Waals surface area contributed by atoms with Gasteiger partial charge in [0.15, 0.2) is 0 Å². The minimum absolute atomic E-state index is 0.154. The van der Waals surface area contributed by atoms with Crippen LogP contribution < -0.4 is 14.9 Å². The summed E-state index contributed by atoms with van der Waals surface area (Å²) in [4.78, 5) is 13.0. The lowest BCUT2D eigenvalue weighted by atomic mass is 10.1. The smallest absolute Gasteiger partial charge is 0.271 e. The van der Waals surface area contributed by atoms with Crippen molar-refractivity contribution >= 4 is 27.8 Å². The molecule has 0 fully saturated rings. The molecule has 9 nitrogen and oxygen atoms in total. The average Bonchev–Trinajstić information content (AvgIpc) is 3.53. The van der Waals surface area contributed by atoms with Crippen LogP contribution in [0.1, 0.15) is 27.0 Å². The topological polar surface area (TPSA) is 115 Å². The van der Waals surface area contributed by atoms with E-state index in [4.69, 9.17) is 9.84 Å². The molecular formula is C37H31N5O4S. The third kappa shape index (κ3) is 7.81. The lowest BCUT2D eigenvalue weighted by Crippen LogP contribution is -2.18. The molecule has 0 unspecified atom stereocenters. The van der Waals surface area contributed by atoms with Crippen LogP contribution in [0.5, 0.6) is 5.75 Å². The maximum Gasteiger partial charge on any atom is 0.271 e. The van der Waals surface area contributed by atoms with Crippen molar-refractivity contribution in [2.45, 2.75) is 18.4 Å². The van der Waals surface area contributed by atoms with E-state index in [0.717, 1.165) is 28.1 Å². The maximum absolute atomic E-state index is 12.9. The summed E-state index contributed by atoms with van der Waals surface area (Å²) in [5.74, 6) is 0.280. The third-order valence-corrected chi connectivity index (χ3v) is 8.64. The Labute approximate surface area is 273 Å². The fourth-order valence-corrected chi connectivity index (χ4v) is 5.77. The third-order valence-electron chi connectivity index (χ3n) is 7.24. The second-order valence-electron chi connectivity index (χ2n) is 10.7. The number of hydrazone groups is 1. The second kappa shape index (κ2) is 14.0. The van der Waals surface area contributed by atoms with Crippen LogP contribution in [-0.4, -0.2) is 30.3 Å². The molecule has 47 heavy (non-hydrogen) atoms. The number of anilines is 1. The van der Waals surface area contributed by atoms with E-state index in [2.05, 4.69) is 15.2 Å². The number of amides is 1. The fourth-order valence-electron chi connectivity index (χ4n) is 4.72. The molecule has 0 aliphatic rings. The Hall–Kier alpha value is -6.00. The van der Waals surface area contributed by atoms with E-state index >= 15 is 0 Å². The lowest BCUT2D eigenvalue weighted by molar-refractivity contribution is 0.0955. The zero-order valence-corrected chi connectivity index (χ0v) is 26.3. The molecule has 0 atom stereocenters. The van der Waals surface area contributed by atoms with Crippen molar-refractivity contribution < 1.29 is 17.9 Å². The normalized spacial score (nSPS) is 11.3. The first-order chi connectivity index (χ1) is 22.8. The first-order valence-corrected chi connectivity index (χ1v) is 16.3. The van der Waals surface area contributed by atoms with E-state index in [1.807, 2.05) is 98.0 Å². The molecule has 2 N–H and O–H groups in total. The van der Waals surface area contributed by atoms with Gasteiger partial charge in [0.1, 0.15) is 18.1 Å². The van der Waals surface area contributed by atoms with Gasteiger partial charge in [0, 0.05) is 28.6 Å². The van der Waals surface area contributed by atoms with Crippen molar-refractivity contribution in [3.8, 4) is 22.7 Å². The Balaban J connectivity index is 1.15. The van der Waals surface area contributed by atoms with E-state index < -0.39 is 15.9 Å². The van der Waals surface area contributed by atoms with Crippen LogP contribution in [0.4, 0.5) is 5.69 Å². The molecule has 0 bridgehead atoms. The number of aryl methyl sites for hydroxylation is 1. The van der Waals surface area contributed by atoms with Crippen molar-refractivity contribution in [1.82, 2.24) is 15.2 Å². The highest BCUT2D eigenvalue weighted by Crippen LogP contribution is 2.26. The molecular weight excluding hydrogens is 611 g/mol. The van der Waals surface area contributed by atoms with Crippen LogP contribution in [0.25, 0.3) is 16.9 Å². The summed E-state index contributed by atoms with van der Waals surface area (Å²) in [5.41, 5.74) is 8.32. The van der Waals surface area contributed by atoms with Crippen LogP contribution >= 0.6 is 0 Å². The number of carbonyl (C=O) groups is 1. The van der Waals surface area contributed by atoms with Crippen molar-refractivity contribution in [2.24, 2.45) is 5.10 Å². The summed E-state index contributed by atoms with van der Waals surface area (Å²) < 4.78 is 35.6. The number of carbonyl (C=O) groups excluding carboxylic acids is 1. The minimum atomic E-state index is -3.76. The maximum atomic E-state index is 12.9. The Morgan fingerprint density at radius 3 is 2.17 bits per heavy atom. The molecule has 0 aliphatic heterocycles. The Morgan fingerprint density at radius 2 is 1.49 bits per heavy atom. The number of rotatable bonds is 11. The number of sulfonamides is 1. The van der Waals surface area contributed by atoms with Gasteiger partial charge < -0.3 is 4.74 Å². The van der Waals surface area contributed by atoms with Crippen molar-refractivity contribution in [2.75, 3.05) is 4.72 Å². The number of nitrogens with one attached hydrogen (secondary N) is 2. The number of nitrogens with zero attached hydrogens (tertiary/aromatic N) is 3. The monoisotopic (exact) mass is 641 g/mol. The quantitative estimate of drug-likeness (QED) is 0.117. The molecule has 5 aromatic carbocycles. The molecule has 0 aliphatic carbocycles. The van der Waals surface area contributed by atoms with Crippen molar-refractivity contribution in [3.05, 3.63) is 162 Å². The standard InChI is InChI=1S/C37H31N5O4S/c1-27-12-22-35(23-13-27)47(44,45)41-32-18-14-30(15-19-32)37(43)39-38-24-31-25-42(33-10-6-3-7-11-33)40-36(31)29-16-20-34(21-17-29)46-26-28-8-4-2-5-9-28/h2-25,41H,26H2,1H3,(H,39,43). The van der Waals surface area contributed by atoms with Crippen LogP contribution in [0.2, 0.25) is 0 Å². The molecule has 6 aromatic rings. The molecule has 6 rings (SSSR count). The van der Waals surface area contributed by atoms with Gasteiger partial charge in [0.25, 0.3) is 15.9 Å². The summed E-state index contributed by atoms with van der Waals surface area (Å²) in [5, 5.41) is 9.02. The Kier molecular flexibility index (Phi) is 9.21. The summed E-state index contributed by atoms with van der Waals surface area (Å²) >= 11 is 0. The zero-order chi connectivity index (χ0) is 32.6. The van der Waals surface area contributed by atoms with Gasteiger partial charge in [0.05, 0.1) is 16.8 Å². The van der Waals surface area contributed by atoms with Gasteiger partial charge in [-0.1, -0.05) is 66.2 Å². The molecule has 0 radical (unpaired) electrons. The predicted molar refractivity (Wildman–Crippen MR) is 183 cm³/mol. The van der Waals surface area contributed by atoms with Crippen molar-refractivity contribution in [1.29, 1.82) is 0 Å². The average molecular weight is 642 g/mol.